The zero-order chi connectivity index (χ0) is 18.4. The molecule has 0 radical (unpaired) electrons. The lowest BCUT2D eigenvalue weighted by Crippen LogP contribution is -2.25. The third-order valence-electron chi connectivity index (χ3n) is 4.53. The molecule has 0 spiro atoms. The van der Waals surface area contributed by atoms with Gasteiger partial charge in [-0.25, -0.2) is 0 Å². The van der Waals surface area contributed by atoms with Gasteiger partial charge in [-0.15, -0.1) is 0 Å². The summed E-state index contributed by atoms with van der Waals surface area (Å²) in [4.78, 5) is 13.1. The van der Waals surface area contributed by atoms with Gasteiger partial charge in [-0.3, -0.25) is 4.79 Å². The van der Waals surface area contributed by atoms with Gasteiger partial charge in [-0.05, 0) is 29.7 Å². The molecular weight excluding hydrogens is 324 g/mol. The van der Waals surface area contributed by atoms with Gasteiger partial charge in [-0.1, -0.05) is 72.8 Å². The number of carbonyl (C=O) groups excluding carboxylic acids is 1. The molecule has 0 fully saturated rings. The zero-order valence-corrected chi connectivity index (χ0v) is 14.7. The van der Waals surface area contributed by atoms with Crippen molar-refractivity contribution in [2.75, 3.05) is 7.11 Å². The molecule has 3 aromatic carbocycles. The normalized spacial score (nSPS) is 13.0. The van der Waals surface area contributed by atoms with Crippen molar-refractivity contribution in [1.82, 2.24) is 0 Å². The second-order valence-electron chi connectivity index (χ2n) is 6.24. The number of Topliss-reactive ketones (excluding diaryl/α,β-unsaturated/α-hetero) is 1. The lowest BCUT2D eigenvalue weighted by molar-refractivity contribution is 0.0676. The summed E-state index contributed by atoms with van der Waals surface area (Å²) in [6.45, 7) is 0. The first-order valence-corrected chi connectivity index (χ1v) is 8.64. The fraction of sp³-hybridized carbons (Fsp3) is 0.174. The third-order valence-corrected chi connectivity index (χ3v) is 4.53. The van der Waals surface area contributed by atoms with E-state index in [1.54, 1.807) is 43.5 Å². The van der Waals surface area contributed by atoms with Crippen LogP contribution in [-0.2, 0) is 6.42 Å². The maximum atomic E-state index is 13.1. The van der Waals surface area contributed by atoms with Crippen LogP contribution in [0.5, 0.6) is 5.75 Å². The van der Waals surface area contributed by atoms with Crippen LogP contribution in [0, 0.1) is 5.92 Å². The maximum Gasteiger partial charge on any atom is 0.169 e. The van der Waals surface area contributed by atoms with Crippen molar-refractivity contribution in [1.29, 1.82) is 0 Å². The quantitative estimate of drug-likeness (QED) is 0.642. The van der Waals surface area contributed by atoms with Crippen LogP contribution < -0.4 is 4.74 Å². The van der Waals surface area contributed by atoms with E-state index in [1.165, 1.54) is 0 Å². The van der Waals surface area contributed by atoms with Crippen molar-refractivity contribution >= 4 is 5.78 Å². The van der Waals surface area contributed by atoms with Crippen molar-refractivity contribution in [2.45, 2.75) is 12.5 Å². The molecule has 0 aliphatic heterocycles. The van der Waals surface area contributed by atoms with E-state index < -0.39 is 12.0 Å². The lowest BCUT2D eigenvalue weighted by atomic mass is 9.84. The molecule has 3 aromatic rings. The first kappa shape index (κ1) is 17.9. The van der Waals surface area contributed by atoms with Gasteiger partial charge in [0.05, 0.1) is 19.1 Å². The Labute approximate surface area is 153 Å². The smallest absolute Gasteiger partial charge is 0.169 e. The Morgan fingerprint density at radius 2 is 1.46 bits per heavy atom. The zero-order valence-electron chi connectivity index (χ0n) is 14.7. The summed E-state index contributed by atoms with van der Waals surface area (Å²) in [6.07, 6.45) is -0.421. The predicted octanol–water partition coefficient (Wildman–Crippen LogP) is 4.47. The number of hydrogen-bond donors (Lipinski definition) is 1. The van der Waals surface area contributed by atoms with Crippen LogP contribution in [0.4, 0.5) is 0 Å². The Hall–Kier alpha value is -2.91. The molecule has 0 amide bonds. The molecule has 26 heavy (non-hydrogen) atoms. The standard InChI is InChI=1S/C23H22O3/c1-26-20-14-12-19(13-15-20)23(25)21(16-17-8-4-2-5-9-17)22(24)18-10-6-3-7-11-18/h2-15,21,23,25H,16H2,1H3. The summed E-state index contributed by atoms with van der Waals surface area (Å²) >= 11 is 0. The number of aliphatic hydroxyl groups is 1. The SMILES string of the molecule is COc1ccc(C(O)C(Cc2ccccc2)C(=O)c2ccccc2)cc1. The van der Waals surface area contributed by atoms with Crippen LogP contribution in [0.1, 0.15) is 27.6 Å². The van der Waals surface area contributed by atoms with Gasteiger partial charge in [0, 0.05) is 5.56 Å². The molecule has 0 aliphatic carbocycles. The number of rotatable bonds is 7. The summed E-state index contributed by atoms with van der Waals surface area (Å²) < 4.78 is 5.17. The summed E-state index contributed by atoms with van der Waals surface area (Å²) in [5.74, 6) is 0.0981. The van der Waals surface area contributed by atoms with Crippen molar-refractivity contribution < 1.29 is 14.6 Å². The summed E-state index contributed by atoms with van der Waals surface area (Å²) in [7, 11) is 1.60. The minimum Gasteiger partial charge on any atom is -0.497 e. The Bertz CT molecular complexity index is 826. The Balaban J connectivity index is 1.91. The molecule has 0 aromatic heterocycles. The molecule has 3 rings (SSSR count). The largest absolute Gasteiger partial charge is 0.497 e. The predicted molar refractivity (Wildman–Crippen MR) is 102 cm³/mol. The molecule has 0 bridgehead atoms. The van der Waals surface area contributed by atoms with Crippen LogP contribution in [0.25, 0.3) is 0 Å². The molecule has 2 unspecified atom stereocenters. The molecule has 3 heteroatoms. The third kappa shape index (κ3) is 4.19. The van der Waals surface area contributed by atoms with Gasteiger partial charge in [0.25, 0.3) is 0 Å². The lowest BCUT2D eigenvalue weighted by Gasteiger charge is -2.23. The monoisotopic (exact) mass is 346 g/mol. The molecule has 1 N–H and O–H groups in total. The van der Waals surface area contributed by atoms with E-state index in [0.717, 1.165) is 11.3 Å². The number of methoxy groups -OCH3 is 1. The van der Waals surface area contributed by atoms with E-state index in [2.05, 4.69) is 0 Å². The topological polar surface area (TPSA) is 46.5 Å². The van der Waals surface area contributed by atoms with Crippen molar-refractivity contribution in [3.05, 3.63) is 102 Å². The van der Waals surface area contributed by atoms with Crippen LogP contribution in [0.3, 0.4) is 0 Å². The highest BCUT2D eigenvalue weighted by molar-refractivity contribution is 5.98. The minimum atomic E-state index is -0.895. The summed E-state index contributed by atoms with van der Waals surface area (Å²) in [5, 5.41) is 11.0. The summed E-state index contributed by atoms with van der Waals surface area (Å²) in [6, 6.07) is 26.1. The van der Waals surface area contributed by atoms with Gasteiger partial charge in [0.15, 0.2) is 5.78 Å². The summed E-state index contributed by atoms with van der Waals surface area (Å²) in [5.41, 5.74) is 2.34. The number of ether oxygens (including phenoxy) is 1. The van der Waals surface area contributed by atoms with Crippen molar-refractivity contribution in [3.8, 4) is 5.75 Å². The molecule has 0 saturated carbocycles. The Kier molecular flexibility index (Phi) is 5.82. The van der Waals surface area contributed by atoms with Crippen molar-refractivity contribution in [3.63, 3.8) is 0 Å². The average Bonchev–Trinajstić information content (AvgIpc) is 2.72. The first-order valence-electron chi connectivity index (χ1n) is 8.64. The fourth-order valence-electron chi connectivity index (χ4n) is 3.07. The van der Waals surface area contributed by atoms with Crippen LogP contribution >= 0.6 is 0 Å². The Morgan fingerprint density at radius 3 is 2.04 bits per heavy atom. The van der Waals surface area contributed by atoms with E-state index in [9.17, 15) is 9.90 Å². The molecule has 0 saturated heterocycles. The van der Waals surface area contributed by atoms with Gasteiger partial charge in [0.1, 0.15) is 5.75 Å². The highest BCUT2D eigenvalue weighted by Crippen LogP contribution is 2.29. The van der Waals surface area contributed by atoms with Gasteiger partial charge in [0.2, 0.25) is 0 Å². The minimum absolute atomic E-state index is 0.0576. The fourth-order valence-corrected chi connectivity index (χ4v) is 3.07. The molecule has 132 valence electrons. The number of ketones is 1. The number of benzene rings is 3. The number of hydrogen-bond acceptors (Lipinski definition) is 3. The Morgan fingerprint density at radius 1 is 0.885 bits per heavy atom. The average molecular weight is 346 g/mol. The van der Waals surface area contributed by atoms with Crippen LogP contribution in [0.2, 0.25) is 0 Å². The second kappa shape index (κ2) is 8.45. The second-order valence-corrected chi connectivity index (χ2v) is 6.24. The first-order chi connectivity index (χ1) is 12.7. The van der Waals surface area contributed by atoms with Gasteiger partial charge in [-0.2, -0.15) is 0 Å². The van der Waals surface area contributed by atoms with E-state index in [1.807, 2.05) is 48.5 Å². The molecular formula is C23H22O3. The van der Waals surface area contributed by atoms with E-state index in [0.29, 0.717) is 17.5 Å². The molecule has 3 nitrogen and oxygen atoms in total. The maximum absolute atomic E-state index is 13.1. The van der Waals surface area contributed by atoms with E-state index in [4.69, 9.17) is 4.74 Å². The molecule has 2 atom stereocenters. The van der Waals surface area contributed by atoms with Crippen LogP contribution in [0.15, 0.2) is 84.9 Å². The van der Waals surface area contributed by atoms with Gasteiger partial charge >= 0.3 is 0 Å². The van der Waals surface area contributed by atoms with Crippen molar-refractivity contribution in [2.24, 2.45) is 5.92 Å². The molecule has 0 heterocycles. The highest BCUT2D eigenvalue weighted by atomic mass is 16.5. The van der Waals surface area contributed by atoms with Gasteiger partial charge < -0.3 is 9.84 Å². The molecule has 0 aliphatic rings. The highest BCUT2D eigenvalue weighted by Gasteiger charge is 2.29. The number of carbonyl (C=O) groups is 1. The van der Waals surface area contributed by atoms with E-state index >= 15 is 0 Å². The number of aliphatic hydroxyl groups excluding tert-OH is 1. The van der Waals surface area contributed by atoms with E-state index in [-0.39, 0.29) is 5.78 Å². The van der Waals surface area contributed by atoms with Crippen LogP contribution in [-0.4, -0.2) is 18.0 Å².